The highest BCUT2D eigenvalue weighted by molar-refractivity contribution is 7.18. The fraction of sp³-hybridized carbons (Fsp3) is 0.118. The van der Waals surface area contributed by atoms with Crippen molar-refractivity contribution in [2.75, 3.05) is 6.54 Å². The van der Waals surface area contributed by atoms with E-state index in [1.165, 1.54) is 11.3 Å². The fourth-order valence-electron chi connectivity index (χ4n) is 2.24. The number of primary amides is 1. The van der Waals surface area contributed by atoms with Crippen LogP contribution in [0.15, 0.2) is 48.5 Å². The lowest BCUT2D eigenvalue weighted by Crippen LogP contribution is -2.34. The molecule has 2 aromatic carbocycles. The van der Waals surface area contributed by atoms with Crippen molar-refractivity contribution in [2.24, 2.45) is 5.73 Å². The molecule has 0 aliphatic carbocycles. The summed E-state index contributed by atoms with van der Waals surface area (Å²) in [4.78, 5) is 26.8. The molecular weight excluding hydrogens is 310 g/mol. The lowest BCUT2D eigenvalue weighted by molar-refractivity contribution is -0.124. The van der Waals surface area contributed by atoms with Crippen LogP contribution in [0.5, 0.6) is 0 Å². The molecular formula is C17H15N3O2S. The number of fused-ring (bicyclic) bond motifs is 1. The summed E-state index contributed by atoms with van der Waals surface area (Å²) in [5.41, 5.74) is 8.13. The van der Waals surface area contributed by atoms with Crippen LogP contribution in [0, 0.1) is 0 Å². The molecule has 3 aromatic rings. The minimum absolute atomic E-state index is 0.146. The number of amides is 2. The summed E-state index contributed by atoms with van der Waals surface area (Å²) in [7, 11) is 0. The molecule has 1 heterocycles. The highest BCUT2D eigenvalue weighted by Gasteiger charge is 2.10. The van der Waals surface area contributed by atoms with E-state index in [0.717, 1.165) is 21.3 Å². The van der Waals surface area contributed by atoms with Gasteiger partial charge in [-0.15, -0.1) is 11.3 Å². The summed E-state index contributed by atoms with van der Waals surface area (Å²) in [6.45, 7) is -0.151. The second-order valence-electron chi connectivity index (χ2n) is 5.08. The van der Waals surface area contributed by atoms with Crippen molar-refractivity contribution < 1.29 is 9.59 Å². The van der Waals surface area contributed by atoms with Crippen molar-refractivity contribution in [3.63, 3.8) is 0 Å². The molecule has 0 radical (unpaired) electrons. The zero-order valence-electron chi connectivity index (χ0n) is 12.3. The monoisotopic (exact) mass is 325 g/mol. The average molecular weight is 325 g/mol. The molecule has 0 unspecified atom stereocenters. The predicted octanol–water partition coefficient (Wildman–Crippen LogP) is 2.11. The topological polar surface area (TPSA) is 85.1 Å². The van der Waals surface area contributed by atoms with Gasteiger partial charge >= 0.3 is 0 Å². The Morgan fingerprint density at radius 3 is 2.61 bits per heavy atom. The van der Waals surface area contributed by atoms with E-state index in [2.05, 4.69) is 28.5 Å². The molecule has 5 nitrogen and oxygen atoms in total. The van der Waals surface area contributed by atoms with E-state index in [-0.39, 0.29) is 18.9 Å². The van der Waals surface area contributed by atoms with E-state index in [4.69, 9.17) is 5.73 Å². The maximum Gasteiger partial charge on any atom is 0.236 e. The van der Waals surface area contributed by atoms with Gasteiger partial charge < -0.3 is 11.1 Å². The standard InChI is InChI=1S/C17H15N3O2S/c18-15(21)10-19-16(22)9-17-20-13-7-6-12(8-14(13)23-17)11-4-2-1-3-5-11/h1-8H,9-10H2,(H2,18,21)(H,19,22). The van der Waals surface area contributed by atoms with Crippen molar-refractivity contribution in [1.29, 1.82) is 0 Å². The Morgan fingerprint density at radius 1 is 1.09 bits per heavy atom. The van der Waals surface area contributed by atoms with Gasteiger partial charge in [0, 0.05) is 0 Å². The van der Waals surface area contributed by atoms with Crippen molar-refractivity contribution in [3.8, 4) is 11.1 Å². The van der Waals surface area contributed by atoms with Crippen LogP contribution in [0.4, 0.5) is 0 Å². The molecule has 0 aliphatic rings. The lowest BCUT2D eigenvalue weighted by atomic mass is 10.1. The van der Waals surface area contributed by atoms with Crippen molar-refractivity contribution in [1.82, 2.24) is 10.3 Å². The van der Waals surface area contributed by atoms with Crippen LogP contribution in [0.2, 0.25) is 0 Å². The lowest BCUT2D eigenvalue weighted by Gasteiger charge is -2.00. The number of benzene rings is 2. The fourth-order valence-corrected chi connectivity index (χ4v) is 3.25. The second-order valence-corrected chi connectivity index (χ2v) is 6.19. The zero-order chi connectivity index (χ0) is 16.2. The number of nitrogens with one attached hydrogen (secondary N) is 1. The van der Waals surface area contributed by atoms with Crippen molar-refractivity contribution in [2.45, 2.75) is 6.42 Å². The number of carbonyl (C=O) groups excluding carboxylic acids is 2. The number of carbonyl (C=O) groups is 2. The summed E-state index contributed by atoms with van der Waals surface area (Å²) in [5, 5.41) is 3.18. The zero-order valence-corrected chi connectivity index (χ0v) is 13.1. The first kappa shape index (κ1) is 15.2. The normalized spacial score (nSPS) is 10.6. The molecule has 6 heteroatoms. The molecule has 0 saturated heterocycles. The number of nitrogens with zero attached hydrogens (tertiary/aromatic N) is 1. The molecule has 0 saturated carbocycles. The molecule has 0 atom stereocenters. The Labute approximate surface area is 137 Å². The number of hydrogen-bond acceptors (Lipinski definition) is 4. The number of hydrogen-bond donors (Lipinski definition) is 2. The molecule has 0 spiro atoms. The summed E-state index contributed by atoms with van der Waals surface area (Å²) >= 11 is 1.48. The quantitative estimate of drug-likeness (QED) is 0.753. The molecule has 0 bridgehead atoms. The van der Waals surface area contributed by atoms with Crippen LogP contribution in [0.1, 0.15) is 5.01 Å². The van der Waals surface area contributed by atoms with Crippen LogP contribution in [0.25, 0.3) is 21.3 Å². The van der Waals surface area contributed by atoms with Gasteiger partial charge in [0.15, 0.2) is 0 Å². The minimum atomic E-state index is -0.560. The molecule has 0 aliphatic heterocycles. The maximum absolute atomic E-state index is 11.7. The van der Waals surface area contributed by atoms with Crippen LogP contribution >= 0.6 is 11.3 Å². The van der Waals surface area contributed by atoms with Crippen molar-refractivity contribution in [3.05, 3.63) is 53.5 Å². The summed E-state index contributed by atoms with van der Waals surface area (Å²) in [6, 6.07) is 16.2. The number of aromatic nitrogens is 1. The average Bonchev–Trinajstić information content (AvgIpc) is 2.95. The highest BCUT2D eigenvalue weighted by Crippen LogP contribution is 2.28. The Kier molecular flexibility index (Phi) is 4.34. The SMILES string of the molecule is NC(=O)CNC(=O)Cc1nc2ccc(-c3ccccc3)cc2s1. The van der Waals surface area contributed by atoms with E-state index >= 15 is 0 Å². The third kappa shape index (κ3) is 3.73. The highest BCUT2D eigenvalue weighted by atomic mass is 32.1. The first-order chi connectivity index (χ1) is 11.1. The van der Waals surface area contributed by atoms with Gasteiger partial charge in [-0.1, -0.05) is 36.4 Å². The van der Waals surface area contributed by atoms with Gasteiger partial charge in [-0.05, 0) is 23.3 Å². The van der Waals surface area contributed by atoms with Crippen molar-refractivity contribution >= 4 is 33.4 Å². The molecule has 116 valence electrons. The second kappa shape index (κ2) is 6.58. The summed E-state index contributed by atoms with van der Waals surface area (Å²) in [6.07, 6.45) is 0.146. The number of nitrogens with two attached hydrogens (primary N) is 1. The maximum atomic E-state index is 11.7. The third-order valence-electron chi connectivity index (χ3n) is 3.31. The van der Waals surface area contributed by atoms with E-state index in [1.807, 2.05) is 30.3 Å². The van der Waals surface area contributed by atoms with Gasteiger partial charge in [-0.3, -0.25) is 9.59 Å². The predicted molar refractivity (Wildman–Crippen MR) is 91.0 cm³/mol. The van der Waals surface area contributed by atoms with Gasteiger partial charge in [-0.2, -0.15) is 0 Å². The largest absolute Gasteiger partial charge is 0.368 e. The molecule has 0 fully saturated rings. The Hall–Kier alpha value is -2.73. The smallest absolute Gasteiger partial charge is 0.236 e. The van der Waals surface area contributed by atoms with Gasteiger partial charge in [0.1, 0.15) is 5.01 Å². The molecule has 23 heavy (non-hydrogen) atoms. The minimum Gasteiger partial charge on any atom is -0.368 e. The number of thiazole rings is 1. The van der Waals surface area contributed by atoms with Crippen LogP contribution in [0.3, 0.4) is 0 Å². The van der Waals surface area contributed by atoms with Gasteiger partial charge in [0.2, 0.25) is 11.8 Å². The van der Waals surface area contributed by atoms with Gasteiger partial charge in [0.05, 0.1) is 23.2 Å². The van der Waals surface area contributed by atoms with E-state index in [9.17, 15) is 9.59 Å². The first-order valence-corrected chi connectivity index (χ1v) is 7.93. The molecule has 2 amide bonds. The Balaban J connectivity index is 1.79. The Bertz CT molecular complexity index is 859. The summed E-state index contributed by atoms with van der Waals surface area (Å²) in [5.74, 6) is -0.818. The van der Waals surface area contributed by atoms with Gasteiger partial charge in [0.25, 0.3) is 0 Å². The van der Waals surface area contributed by atoms with Gasteiger partial charge in [-0.25, -0.2) is 4.98 Å². The number of rotatable bonds is 5. The Morgan fingerprint density at radius 2 is 1.87 bits per heavy atom. The summed E-state index contributed by atoms with van der Waals surface area (Å²) < 4.78 is 1.03. The molecule has 1 aromatic heterocycles. The van der Waals surface area contributed by atoms with E-state index in [0.29, 0.717) is 5.01 Å². The third-order valence-corrected chi connectivity index (χ3v) is 4.33. The molecule has 3 N–H and O–H groups in total. The van der Waals surface area contributed by atoms with Crippen LogP contribution < -0.4 is 11.1 Å². The van der Waals surface area contributed by atoms with E-state index < -0.39 is 5.91 Å². The van der Waals surface area contributed by atoms with E-state index in [1.54, 1.807) is 0 Å². The first-order valence-electron chi connectivity index (χ1n) is 7.12. The molecule has 3 rings (SSSR count). The van der Waals surface area contributed by atoms with Crippen LogP contribution in [-0.2, 0) is 16.0 Å². The van der Waals surface area contributed by atoms with Crippen LogP contribution in [-0.4, -0.2) is 23.3 Å².